The van der Waals surface area contributed by atoms with E-state index in [1.165, 1.54) is 0 Å². The monoisotopic (exact) mass is 462 g/mol. The topological polar surface area (TPSA) is 70.0 Å². The van der Waals surface area contributed by atoms with Crippen LogP contribution in [0.3, 0.4) is 0 Å². The van der Waals surface area contributed by atoms with E-state index in [4.69, 9.17) is 19.7 Å². The summed E-state index contributed by atoms with van der Waals surface area (Å²) in [6.07, 6.45) is 6.37. The van der Waals surface area contributed by atoms with Gasteiger partial charge in [-0.25, -0.2) is 0 Å². The van der Waals surface area contributed by atoms with Gasteiger partial charge >= 0.3 is 0 Å². The van der Waals surface area contributed by atoms with Crippen LogP contribution in [0.4, 0.5) is 0 Å². The van der Waals surface area contributed by atoms with Crippen molar-refractivity contribution in [1.82, 2.24) is 0 Å². The Morgan fingerprint density at radius 3 is 2.11 bits per heavy atom. The maximum absolute atomic E-state index is 9.09. The molecule has 2 atom stereocenters. The van der Waals surface area contributed by atoms with Crippen molar-refractivity contribution < 1.29 is 9.15 Å². The number of nitriles is 2. The fourth-order valence-electron chi connectivity index (χ4n) is 5.24. The molecular weight excluding hydrogens is 444 g/mol. The van der Waals surface area contributed by atoms with E-state index < -0.39 is 0 Å². The highest BCUT2D eigenvalue weighted by Gasteiger charge is 2.36. The van der Waals surface area contributed by atoms with Crippen molar-refractivity contribution in [3.05, 3.63) is 119 Å². The third-order valence-corrected chi connectivity index (χ3v) is 7.11. The van der Waals surface area contributed by atoms with Crippen LogP contribution in [0.2, 0.25) is 0 Å². The van der Waals surface area contributed by atoms with Gasteiger partial charge in [-0.15, -0.1) is 0 Å². The van der Waals surface area contributed by atoms with Crippen molar-refractivity contribution >= 4 is 27.5 Å². The normalized spacial score (nSPS) is 17.7. The van der Waals surface area contributed by atoms with E-state index in [0.29, 0.717) is 11.1 Å². The van der Waals surface area contributed by atoms with Crippen molar-refractivity contribution in [1.29, 1.82) is 10.5 Å². The lowest BCUT2D eigenvalue weighted by Crippen LogP contribution is -2.16. The summed E-state index contributed by atoms with van der Waals surface area (Å²) < 4.78 is 12.7. The molecule has 0 amide bonds. The minimum absolute atomic E-state index is 0.0739. The second kappa shape index (κ2) is 7.73. The van der Waals surface area contributed by atoms with Crippen molar-refractivity contribution in [3.8, 4) is 29.0 Å². The molecule has 0 N–H and O–H groups in total. The average molecular weight is 463 g/mol. The van der Waals surface area contributed by atoms with Gasteiger partial charge in [-0.3, -0.25) is 0 Å². The molecule has 7 rings (SSSR count). The maximum atomic E-state index is 9.09. The zero-order chi connectivity index (χ0) is 24.2. The van der Waals surface area contributed by atoms with E-state index in [9.17, 15) is 0 Å². The summed E-state index contributed by atoms with van der Waals surface area (Å²) in [7, 11) is 0. The highest BCUT2D eigenvalue weighted by Crippen LogP contribution is 2.49. The summed E-state index contributed by atoms with van der Waals surface area (Å²) >= 11 is 0. The fourth-order valence-corrected chi connectivity index (χ4v) is 5.24. The summed E-state index contributed by atoms with van der Waals surface area (Å²) in [5.74, 6) is 0.906. The van der Waals surface area contributed by atoms with Gasteiger partial charge in [0.25, 0.3) is 0 Å². The van der Waals surface area contributed by atoms with E-state index in [0.717, 1.165) is 55.5 Å². The van der Waals surface area contributed by atoms with Gasteiger partial charge < -0.3 is 9.15 Å². The van der Waals surface area contributed by atoms with Crippen LogP contribution in [-0.2, 0) is 0 Å². The SMILES string of the molecule is N#Cc1ccc(C2=CC3c4ccc5c(oc6ccc(-c7ccc(C#N)cc7)cc65)c4OC3C=C2)cc1. The minimum Gasteiger partial charge on any atom is -0.481 e. The highest BCUT2D eigenvalue weighted by molar-refractivity contribution is 6.08. The number of fused-ring (bicyclic) bond motifs is 7. The summed E-state index contributed by atoms with van der Waals surface area (Å²) in [6.45, 7) is 0. The molecule has 4 aromatic carbocycles. The Morgan fingerprint density at radius 2 is 1.39 bits per heavy atom. The lowest BCUT2D eigenvalue weighted by molar-refractivity contribution is 0.269. The van der Waals surface area contributed by atoms with Crippen LogP contribution < -0.4 is 4.74 Å². The van der Waals surface area contributed by atoms with Gasteiger partial charge in [-0.2, -0.15) is 10.5 Å². The Balaban J connectivity index is 1.30. The lowest BCUT2D eigenvalue weighted by atomic mass is 9.86. The lowest BCUT2D eigenvalue weighted by Gasteiger charge is -2.18. The van der Waals surface area contributed by atoms with Gasteiger partial charge in [0, 0.05) is 22.3 Å². The number of ether oxygens (including phenoxy) is 1. The maximum Gasteiger partial charge on any atom is 0.177 e. The van der Waals surface area contributed by atoms with Crippen LogP contribution in [-0.4, -0.2) is 6.10 Å². The largest absolute Gasteiger partial charge is 0.481 e. The second-order valence-electron chi connectivity index (χ2n) is 9.14. The van der Waals surface area contributed by atoms with E-state index in [1.54, 1.807) is 0 Å². The zero-order valence-corrected chi connectivity index (χ0v) is 19.1. The predicted molar refractivity (Wildman–Crippen MR) is 139 cm³/mol. The Bertz CT molecular complexity index is 1830. The number of nitrogens with zero attached hydrogens (tertiary/aromatic N) is 2. The summed E-state index contributed by atoms with van der Waals surface area (Å²) in [5, 5.41) is 20.2. The van der Waals surface area contributed by atoms with E-state index >= 15 is 0 Å². The van der Waals surface area contributed by atoms with Gasteiger partial charge in [-0.1, -0.05) is 48.6 Å². The number of allylic oxidation sites excluding steroid dienone is 2. The van der Waals surface area contributed by atoms with Crippen molar-refractivity contribution in [2.24, 2.45) is 0 Å². The molecule has 0 saturated carbocycles. The molecule has 5 aromatic rings. The van der Waals surface area contributed by atoms with Crippen molar-refractivity contribution in [2.75, 3.05) is 0 Å². The molecule has 0 fully saturated rings. The van der Waals surface area contributed by atoms with Gasteiger partial charge in [0.05, 0.1) is 23.3 Å². The first-order valence-electron chi connectivity index (χ1n) is 11.8. The fraction of sp³-hybridized carbons (Fsp3) is 0.0625. The molecule has 0 saturated heterocycles. The number of rotatable bonds is 2. The number of hydrogen-bond donors (Lipinski definition) is 0. The van der Waals surface area contributed by atoms with E-state index in [1.807, 2.05) is 60.7 Å². The quantitative estimate of drug-likeness (QED) is 0.272. The third kappa shape index (κ3) is 3.06. The molecular formula is C32H18N2O2. The van der Waals surface area contributed by atoms with Gasteiger partial charge in [0.2, 0.25) is 0 Å². The first-order valence-corrected chi connectivity index (χ1v) is 11.8. The minimum atomic E-state index is -0.0739. The third-order valence-electron chi connectivity index (χ3n) is 7.11. The molecule has 168 valence electrons. The van der Waals surface area contributed by atoms with Crippen LogP contribution in [0.25, 0.3) is 38.6 Å². The smallest absolute Gasteiger partial charge is 0.177 e. The molecule has 1 aliphatic carbocycles. The number of hydrogen-bond acceptors (Lipinski definition) is 4. The summed E-state index contributed by atoms with van der Waals surface area (Å²) in [5.41, 5.74) is 8.34. The molecule has 2 heterocycles. The van der Waals surface area contributed by atoms with E-state index in [2.05, 4.69) is 48.6 Å². The number of benzene rings is 4. The van der Waals surface area contributed by atoms with E-state index in [-0.39, 0.29) is 12.0 Å². The predicted octanol–water partition coefficient (Wildman–Crippen LogP) is 7.49. The molecule has 4 nitrogen and oxygen atoms in total. The molecule has 2 aliphatic rings. The zero-order valence-electron chi connectivity index (χ0n) is 19.1. The molecule has 2 unspecified atom stereocenters. The Kier molecular flexibility index (Phi) is 4.37. The van der Waals surface area contributed by atoms with Crippen molar-refractivity contribution in [3.63, 3.8) is 0 Å². The van der Waals surface area contributed by atoms with Crippen LogP contribution in [0.5, 0.6) is 5.75 Å². The van der Waals surface area contributed by atoms with Crippen LogP contribution >= 0.6 is 0 Å². The standard InChI is InChI=1S/C32H18N2O2/c33-17-19-1-5-21(6-2-19)23-9-13-29-27(15-23)25-11-12-26-28-16-24(22-7-3-20(18-34)4-8-22)10-14-30(28)36-32(26)31(25)35-29/h1-16,27,29H. The first kappa shape index (κ1) is 20.3. The molecule has 4 heteroatoms. The van der Waals surface area contributed by atoms with Crippen molar-refractivity contribution in [2.45, 2.75) is 12.0 Å². The Morgan fingerprint density at radius 1 is 0.694 bits per heavy atom. The average Bonchev–Trinajstić information content (AvgIpc) is 3.50. The second-order valence-corrected chi connectivity index (χ2v) is 9.14. The van der Waals surface area contributed by atoms with Gasteiger partial charge in [0.1, 0.15) is 11.7 Å². The summed E-state index contributed by atoms with van der Waals surface area (Å²) in [4.78, 5) is 0. The molecule has 36 heavy (non-hydrogen) atoms. The molecule has 0 radical (unpaired) electrons. The Hall–Kier alpha value is -5.06. The molecule has 0 spiro atoms. The van der Waals surface area contributed by atoms with Gasteiger partial charge in [-0.05, 0) is 70.8 Å². The molecule has 1 aromatic heterocycles. The number of furan rings is 1. The Labute approximate surface area is 207 Å². The van der Waals surface area contributed by atoms with Crippen LogP contribution in [0, 0.1) is 22.7 Å². The van der Waals surface area contributed by atoms with Gasteiger partial charge in [0.15, 0.2) is 11.3 Å². The molecule has 1 aliphatic heterocycles. The highest BCUT2D eigenvalue weighted by atomic mass is 16.5. The molecule has 0 bridgehead atoms. The van der Waals surface area contributed by atoms with Crippen LogP contribution in [0.15, 0.2) is 102 Å². The van der Waals surface area contributed by atoms with Crippen LogP contribution in [0.1, 0.15) is 28.2 Å². The summed E-state index contributed by atoms with van der Waals surface area (Å²) in [6, 6.07) is 30.1. The first-order chi connectivity index (χ1) is 17.7.